The van der Waals surface area contributed by atoms with Gasteiger partial charge in [-0.3, -0.25) is 9.69 Å². The van der Waals surface area contributed by atoms with Crippen LogP contribution in [-0.2, 0) is 19.4 Å². The molecule has 0 spiro atoms. The number of rotatable bonds is 7. The molecular weight excluding hydrogens is 302 g/mol. The molecule has 0 bridgehead atoms. The molecule has 2 unspecified atom stereocenters. The average Bonchev–Trinajstić information content (AvgIpc) is 2.39. The number of hydrogen-bond acceptors (Lipinski definition) is 7. The molecule has 0 aromatic rings. The highest BCUT2D eigenvalue weighted by Crippen LogP contribution is 2.21. The fourth-order valence-corrected chi connectivity index (χ4v) is 5.19. The number of thioether (sulfide) groups is 1. The number of aliphatic hydroxyl groups is 1. The van der Waals surface area contributed by atoms with Crippen molar-refractivity contribution in [1.82, 2.24) is 4.90 Å². The van der Waals surface area contributed by atoms with Crippen LogP contribution in [0.4, 0.5) is 0 Å². The molecule has 1 heterocycles. The van der Waals surface area contributed by atoms with E-state index in [0.717, 1.165) is 5.75 Å². The molecule has 2 atom stereocenters. The van der Waals surface area contributed by atoms with Gasteiger partial charge in [-0.15, -0.1) is 0 Å². The van der Waals surface area contributed by atoms with Crippen LogP contribution >= 0.6 is 11.8 Å². The summed E-state index contributed by atoms with van der Waals surface area (Å²) in [7, 11) is -3.18. The molecule has 1 N–H and O–H groups in total. The van der Waals surface area contributed by atoms with Crippen molar-refractivity contribution in [2.24, 2.45) is 0 Å². The van der Waals surface area contributed by atoms with Crippen molar-refractivity contribution < 1.29 is 23.1 Å². The minimum Gasteiger partial charge on any atom is -0.466 e. The van der Waals surface area contributed by atoms with E-state index < -0.39 is 27.3 Å². The minimum absolute atomic E-state index is 0.0860. The number of aliphatic hydroxyl groups excluding tert-OH is 1. The number of hydrogen-bond donors (Lipinski definition) is 1. The van der Waals surface area contributed by atoms with Crippen LogP contribution in [0, 0.1) is 0 Å². The van der Waals surface area contributed by atoms with Crippen LogP contribution in [0.5, 0.6) is 0 Å². The molecule has 0 saturated carbocycles. The van der Waals surface area contributed by atoms with Crippen LogP contribution in [0.1, 0.15) is 20.3 Å². The summed E-state index contributed by atoms with van der Waals surface area (Å²) in [6, 6.07) is 0. The standard InChI is InChI=1S/C12H23NO5S2/c1-3-18-12(15)7-10(14)8-13-5-6-19-9-11(13)20(16,17)4-2/h10-11,14H,3-9H2,1-2H3. The second-order valence-electron chi connectivity index (χ2n) is 4.64. The Morgan fingerprint density at radius 3 is 2.80 bits per heavy atom. The van der Waals surface area contributed by atoms with Crippen LogP contribution < -0.4 is 0 Å². The van der Waals surface area contributed by atoms with Gasteiger partial charge in [0.05, 0.1) is 19.1 Å². The van der Waals surface area contributed by atoms with Crippen molar-refractivity contribution in [2.45, 2.75) is 31.7 Å². The number of nitrogens with zero attached hydrogens (tertiary/aromatic N) is 1. The fraction of sp³-hybridized carbons (Fsp3) is 0.917. The lowest BCUT2D eigenvalue weighted by Gasteiger charge is -2.35. The van der Waals surface area contributed by atoms with Gasteiger partial charge in [-0.25, -0.2) is 8.42 Å². The lowest BCUT2D eigenvalue weighted by molar-refractivity contribution is -0.145. The number of esters is 1. The van der Waals surface area contributed by atoms with Crippen LogP contribution in [0.2, 0.25) is 0 Å². The summed E-state index contributed by atoms with van der Waals surface area (Å²) in [5.74, 6) is 0.980. The van der Waals surface area contributed by atoms with E-state index in [9.17, 15) is 18.3 Å². The first-order valence-corrected chi connectivity index (χ1v) is 9.64. The molecule has 6 nitrogen and oxygen atoms in total. The Bertz CT molecular complexity index is 412. The van der Waals surface area contributed by atoms with Gasteiger partial charge in [-0.1, -0.05) is 6.92 Å². The third-order valence-corrected chi connectivity index (χ3v) is 6.49. The molecule has 1 rings (SSSR count). The molecule has 118 valence electrons. The first-order valence-electron chi connectivity index (χ1n) is 6.77. The van der Waals surface area contributed by atoms with Crippen molar-refractivity contribution in [3.63, 3.8) is 0 Å². The minimum atomic E-state index is -3.18. The van der Waals surface area contributed by atoms with Gasteiger partial charge < -0.3 is 9.84 Å². The monoisotopic (exact) mass is 325 g/mol. The largest absolute Gasteiger partial charge is 0.466 e. The summed E-state index contributed by atoms with van der Waals surface area (Å²) in [5, 5.41) is 9.34. The van der Waals surface area contributed by atoms with E-state index in [1.54, 1.807) is 30.5 Å². The van der Waals surface area contributed by atoms with Crippen LogP contribution in [0.25, 0.3) is 0 Å². The second-order valence-corrected chi connectivity index (χ2v) is 8.24. The highest BCUT2D eigenvalue weighted by atomic mass is 32.2. The maximum atomic E-state index is 12.0. The zero-order chi connectivity index (χ0) is 15.2. The summed E-state index contributed by atoms with van der Waals surface area (Å²) in [4.78, 5) is 13.1. The molecule has 1 fully saturated rings. The van der Waals surface area contributed by atoms with Gasteiger partial charge in [0.1, 0.15) is 5.37 Å². The van der Waals surface area contributed by atoms with Gasteiger partial charge >= 0.3 is 5.97 Å². The van der Waals surface area contributed by atoms with E-state index in [0.29, 0.717) is 12.3 Å². The molecule has 1 aliphatic heterocycles. The predicted molar refractivity (Wildman–Crippen MR) is 79.4 cm³/mol. The summed E-state index contributed by atoms with van der Waals surface area (Å²) in [6.07, 6.45) is -0.997. The molecule has 1 aliphatic rings. The Kier molecular flexibility index (Phi) is 7.28. The molecule has 20 heavy (non-hydrogen) atoms. The molecule has 1 saturated heterocycles. The lowest BCUT2D eigenvalue weighted by atomic mass is 10.2. The third-order valence-electron chi connectivity index (χ3n) is 3.16. The molecule has 0 aromatic carbocycles. The highest BCUT2D eigenvalue weighted by molar-refractivity contribution is 8.01. The van der Waals surface area contributed by atoms with E-state index in [4.69, 9.17) is 4.74 Å². The van der Waals surface area contributed by atoms with Crippen LogP contribution in [-0.4, -0.2) is 72.8 Å². The molecule has 0 aliphatic carbocycles. The van der Waals surface area contributed by atoms with Gasteiger partial charge in [-0.05, 0) is 6.92 Å². The second kappa shape index (κ2) is 8.21. The van der Waals surface area contributed by atoms with E-state index >= 15 is 0 Å². The quantitative estimate of drug-likeness (QED) is 0.665. The van der Waals surface area contributed by atoms with Gasteiger partial charge in [0.15, 0.2) is 9.84 Å². The van der Waals surface area contributed by atoms with Gasteiger partial charge in [0.25, 0.3) is 0 Å². The van der Waals surface area contributed by atoms with Crippen molar-refractivity contribution in [1.29, 1.82) is 0 Å². The number of sulfone groups is 1. The lowest BCUT2D eigenvalue weighted by Crippen LogP contribution is -2.50. The van der Waals surface area contributed by atoms with Crippen molar-refractivity contribution in [3.8, 4) is 0 Å². The SMILES string of the molecule is CCOC(=O)CC(O)CN1CCSCC1S(=O)(=O)CC. The van der Waals surface area contributed by atoms with Gasteiger partial charge in [-0.2, -0.15) is 11.8 Å². The van der Waals surface area contributed by atoms with E-state index in [1.165, 1.54) is 0 Å². The topological polar surface area (TPSA) is 83.9 Å². The summed E-state index contributed by atoms with van der Waals surface area (Å²) >= 11 is 1.60. The summed E-state index contributed by atoms with van der Waals surface area (Å²) in [6.45, 7) is 4.40. The molecule has 0 radical (unpaired) electrons. The molecule has 0 aromatic heterocycles. The maximum Gasteiger partial charge on any atom is 0.308 e. The normalized spacial score (nSPS) is 22.4. The Hall–Kier alpha value is -0.310. The van der Waals surface area contributed by atoms with Crippen LogP contribution in [0.3, 0.4) is 0 Å². The first kappa shape index (κ1) is 17.7. The highest BCUT2D eigenvalue weighted by Gasteiger charge is 2.33. The van der Waals surface area contributed by atoms with E-state index in [1.807, 2.05) is 0 Å². The van der Waals surface area contributed by atoms with Gasteiger partial charge in [0.2, 0.25) is 0 Å². The molecule has 0 amide bonds. The van der Waals surface area contributed by atoms with Crippen LogP contribution in [0.15, 0.2) is 0 Å². The van der Waals surface area contributed by atoms with E-state index in [-0.39, 0.29) is 25.3 Å². The summed E-state index contributed by atoms with van der Waals surface area (Å²) in [5.41, 5.74) is 0. The van der Waals surface area contributed by atoms with Crippen molar-refractivity contribution in [2.75, 3.05) is 37.0 Å². The Balaban J connectivity index is 2.61. The van der Waals surface area contributed by atoms with Gasteiger partial charge in [0, 0.05) is 30.3 Å². The molecule has 8 heteroatoms. The Morgan fingerprint density at radius 1 is 1.50 bits per heavy atom. The third kappa shape index (κ3) is 5.23. The Morgan fingerprint density at radius 2 is 2.20 bits per heavy atom. The zero-order valence-electron chi connectivity index (χ0n) is 11.9. The number of β-amino-alcohol motifs (C(OH)–C–C–N with tert-alkyl or cyclic N) is 1. The number of carbonyl (C=O) groups is 1. The first-order chi connectivity index (χ1) is 9.40. The average molecular weight is 325 g/mol. The van der Waals surface area contributed by atoms with Crippen molar-refractivity contribution in [3.05, 3.63) is 0 Å². The van der Waals surface area contributed by atoms with Crippen molar-refractivity contribution >= 4 is 27.6 Å². The zero-order valence-corrected chi connectivity index (χ0v) is 13.6. The predicted octanol–water partition coefficient (Wildman–Crippen LogP) is 0.110. The smallest absolute Gasteiger partial charge is 0.308 e. The molecular formula is C12H23NO5S2. The Labute approximate surface area is 124 Å². The summed E-state index contributed by atoms with van der Waals surface area (Å²) < 4.78 is 28.9. The van der Waals surface area contributed by atoms with E-state index in [2.05, 4.69) is 0 Å². The number of ether oxygens (including phenoxy) is 1. The number of carbonyl (C=O) groups excluding carboxylic acids is 1. The fourth-order valence-electron chi connectivity index (χ4n) is 2.09. The maximum absolute atomic E-state index is 12.0.